The molecule has 0 aliphatic carbocycles. The molecule has 0 radical (unpaired) electrons. The van der Waals surface area contributed by atoms with Gasteiger partial charge in [-0.25, -0.2) is 4.98 Å². The number of rotatable bonds is 6. The van der Waals surface area contributed by atoms with Gasteiger partial charge in [0.15, 0.2) is 0 Å². The minimum Gasteiger partial charge on any atom is -0.507 e. The van der Waals surface area contributed by atoms with E-state index >= 15 is 0 Å². The third kappa shape index (κ3) is 8.79. The number of hydrogen-bond donors (Lipinski definition) is 1. The van der Waals surface area contributed by atoms with Crippen molar-refractivity contribution in [3.05, 3.63) is 167 Å². The maximum atomic E-state index is 12.4. The van der Waals surface area contributed by atoms with E-state index in [4.69, 9.17) is 15.5 Å². The molecule has 4 nitrogen and oxygen atoms in total. The van der Waals surface area contributed by atoms with Crippen molar-refractivity contribution in [1.82, 2.24) is 14.5 Å². The molecule has 0 atom stereocenters. The van der Waals surface area contributed by atoms with Crippen molar-refractivity contribution in [1.29, 1.82) is 0 Å². The molecule has 2 aromatic heterocycles. The monoisotopic (exact) mass is 985 g/mol. The number of para-hydroxylation sites is 1. The molecule has 61 heavy (non-hydrogen) atoms. The van der Waals surface area contributed by atoms with Gasteiger partial charge in [0.1, 0.15) is 11.6 Å². The van der Waals surface area contributed by atoms with Crippen LogP contribution in [0.25, 0.3) is 72.7 Å². The molecule has 312 valence electrons. The summed E-state index contributed by atoms with van der Waals surface area (Å²) in [6, 6.07) is 38.6. The number of benzene rings is 6. The van der Waals surface area contributed by atoms with Gasteiger partial charge in [0.2, 0.25) is 0 Å². The Morgan fingerprint density at radius 1 is 0.590 bits per heavy atom. The van der Waals surface area contributed by atoms with Crippen LogP contribution >= 0.6 is 0 Å². The van der Waals surface area contributed by atoms with Crippen LogP contribution in [0.15, 0.2) is 133 Å². The van der Waals surface area contributed by atoms with Crippen molar-refractivity contribution < 1.29 is 31.7 Å². The Morgan fingerprint density at radius 2 is 1.26 bits per heavy atom. The van der Waals surface area contributed by atoms with Crippen LogP contribution in [0.2, 0.25) is 0 Å². The summed E-state index contributed by atoms with van der Waals surface area (Å²) in [5.41, 5.74) is 12.7. The molecule has 0 amide bonds. The molecule has 0 saturated heterocycles. The van der Waals surface area contributed by atoms with Gasteiger partial charge in [-0.2, -0.15) is 0 Å². The van der Waals surface area contributed by atoms with Crippen LogP contribution < -0.4 is 0 Å². The maximum Gasteiger partial charge on any atom is 0.148 e. The van der Waals surface area contributed by atoms with E-state index < -0.39 is 0 Å². The van der Waals surface area contributed by atoms with Crippen LogP contribution in [0.1, 0.15) is 95.6 Å². The van der Waals surface area contributed by atoms with E-state index in [-0.39, 0.29) is 72.8 Å². The second kappa shape index (κ2) is 16.4. The van der Waals surface area contributed by atoms with Crippen molar-refractivity contribution in [3.8, 4) is 67.5 Å². The van der Waals surface area contributed by atoms with Crippen LogP contribution in [-0.2, 0) is 37.3 Å². The number of pyridine rings is 1. The molecule has 8 aromatic rings. The first-order chi connectivity index (χ1) is 30.0. The molecule has 1 N–H and O–H groups in total. The summed E-state index contributed by atoms with van der Waals surface area (Å²) in [7, 11) is 0. The van der Waals surface area contributed by atoms with Gasteiger partial charge in [0, 0.05) is 44.2 Å². The molecular formula is C56H56N3OPt-. The Balaban J connectivity index is 0.00000630. The van der Waals surface area contributed by atoms with Gasteiger partial charge < -0.3 is 5.11 Å². The average Bonchev–Trinajstić information content (AvgIpc) is 3.64. The van der Waals surface area contributed by atoms with Crippen LogP contribution in [0.4, 0.5) is 0 Å². The molecule has 0 aliphatic heterocycles. The Bertz CT molecular complexity index is 3110. The van der Waals surface area contributed by atoms with Crippen molar-refractivity contribution in [2.75, 3.05) is 0 Å². The third-order valence-electron chi connectivity index (χ3n) is 11.2. The quantitative estimate of drug-likeness (QED) is 0.169. The number of phenolic OH excluding ortho intramolecular Hbond substituents is 1. The normalized spacial score (nSPS) is 13.0. The number of imidazole rings is 1. The molecule has 0 bridgehead atoms. The zero-order valence-corrected chi connectivity index (χ0v) is 39.3. The first kappa shape index (κ1) is 38.4. The fourth-order valence-corrected chi connectivity index (χ4v) is 7.80. The van der Waals surface area contributed by atoms with Crippen LogP contribution in [0.3, 0.4) is 0 Å². The standard InChI is InChI=1S/C56H56N3O.Pt/c1-35-20-22-38(23-21-35)39-24-25-57-49(32-39)42-28-41(29-43(30-42)54(3,4)5)46-18-15-19-50-51(46)58-53(47-33-44(55(6,7)8)34-48(52(47)60)56(9,10)11)59(50)45-27-36(2)26-40(31-45)37-16-13-12-14-17-37;/h12-27,29-34,60H,1-11H3;/q-1;/i20D,21D,22D,23D;. The fourth-order valence-electron chi connectivity index (χ4n) is 7.80. The van der Waals surface area contributed by atoms with Gasteiger partial charge in [0.25, 0.3) is 0 Å². The van der Waals surface area contributed by atoms with Crippen molar-refractivity contribution in [2.24, 2.45) is 0 Å². The van der Waals surface area contributed by atoms with E-state index in [0.29, 0.717) is 28.2 Å². The first-order valence-electron chi connectivity index (χ1n) is 22.7. The van der Waals surface area contributed by atoms with E-state index in [1.807, 2.05) is 12.1 Å². The fraction of sp³-hybridized carbons (Fsp3) is 0.250. The van der Waals surface area contributed by atoms with Crippen molar-refractivity contribution in [3.63, 3.8) is 0 Å². The summed E-state index contributed by atoms with van der Waals surface area (Å²) < 4.78 is 36.8. The first-order valence-corrected chi connectivity index (χ1v) is 20.7. The van der Waals surface area contributed by atoms with E-state index in [1.54, 1.807) is 19.2 Å². The van der Waals surface area contributed by atoms with Gasteiger partial charge in [0.05, 0.1) is 22.1 Å². The minimum atomic E-state index is -0.354. The minimum absolute atomic E-state index is 0. The number of phenols is 1. The van der Waals surface area contributed by atoms with Crippen LogP contribution in [-0.4, -0.2) is 19.6 Å². The molecule has 5 heteroatoms. The summed E-state index contributed by atoms with van der Waals surface area (Å²) in [4.78, 5) is 10.3. The number of aromatic nitrogens is 3. The SMILES string of the molecule is [2H]c1c([2H])c(-c2ccnc(-c3[c-]c(-c4cccc5c4nc(-c4cc(C(C)(C)C)cc(C(C)(C)C)c4O)n5-c4cc(C)cc(-c5ccccc5)c4)cc(C(C)(C)C)c3)c2)c([2H])c([2H])c1C.[Pt]. The molecular weight excluding hydrogens is 926 g/mol. The van der Waals surface area contributed by atoms with E-state index in [1.165, 1.54) is 0 Å². The molecule has 0 spiro atoms. The Morgan fingerprint density at radius 3 is 1.93 bits per heavy atom. The third-order valence-corrected chi connectivity index (χ3v) is 11.2. The number of nitrogens with zero attached hydrogens (tertiary/aromatic N) is 3. The number of aryl methyl sites for hydroxylation is 1. The van der Waals surface area contributed by atoms with Gasteiger partial charge in [-0.3, -0.25) is 9.55 Å². The molecule has 0 unspecified atom stereocenters. The number of fused-ring (bicyclic) bond motifs is 1. The van der Waals surface area contributed by atoms with Crippen LogP contribution in [0, 0.1) is 19.9 Å². The topological polar surface area (TPSA) is 50.9 Å². The number of aromatic hydroxyl groups is 1. The maximum absolute atomic E-state index is 12.4. The van der Waals surface area contributed by atoms with Gasteiger partial charge >= 0.3 is 0 Å². The van der Waals surface area contributed by atoms with Crippen LogP contribution in [0.5, 0.6) is 5.75 Å². The Hall–Kier alpha value is -5.57. The van der Waals surface area contributed by atoms with Gasteiger partial charge in [-0.05, 0) is 93.8 Å². The zero-order valence-electron chi connectivity index (χ0n) is 41.0. The summed E-state index contributed by atoms with van der Waals surface area (Å²) in [6.45, 7) is 23.2. The van der Waals surface area contributed by atoms with Gasteiger partial charge in [-0.1, -0.05) is 164 Å². The average molecular weight is 986 g/mol. The zero-order chi connectivity index (χ0) is 46.2. The van der Waals surface area contributed by atoms with E-state index in [9.17, 15) is 5.11 Å². The largest absolute Gasteiger partial charge is 0.507 e. The Kier molecular flexibility index (Phi) is 10.3. The summed E-state index contributed by atoms with van der Waals surface area (Å²) in [5, 5.41) is 12.4. The van der Waals surface area contributed by atoms with Gasteiger partial charge in [-0.15, -0.1) is 29.3 Å². The predicted octanol–water partition coefficient (Wildman–Crippen LogP) is 14.8. The molecule has 0 fully saturated rings. The van der Waals surface area contributed by atoms with Crippen molar-refractivity contribution >= 4 is 11.0 Å². The molecule has 8 rings (SSSR count). The smallest absolute Gasteiger partial charge is 0.148 e. The number of hydrogen-bond acceptors (Lipinski definition) is 3. The summed E-state index contributed by atoms with van der Waals surface area (Å²) >= 11 is 0. The molecule has 0 aliphatic rings. The summed E-state index contributed by atoms with van der Waals surface area (Å²) in [6.07, 6.45) is 1.65. The van der Waals surface area contributed by atoms with E-state index in [0.717, 1.165) is 66.8 Å². The molecule has 2 heterocycles. The predicted molar refractivity (Wildman–Crippen MR) is 252 cm³/mol. The second-order valence-corrected chi connectivity index (χ2v) is 19.2. The van der Waals surface area contributed by atoms with Crippen molar-refractivity contribution in [2.45, 2.75) is 92.4 Å². The second-order valence-electron chi connectivity index (χ2n) is 19.2. The summed E-state index contributed by atoms with van der Waals surface area (Å²) in [5.74, 6) is 0.833. The Labute approximate surface area is 382 Å². The van der Waals surface area contributed by atoms with E-state index in [2.05, 4.69) is 165 Å². The molecule has 0 saturated carbocycles. The molecule has 6 aromatic carbocycles.